The molecule has 0 spiro atoms. The van der Waals surface area contributed by atoms with E-state index in [0.29, 0.717) is 37.4 Å². The minimum atomic E-state index is -0.745. The van der Waals surface area contributed by atoms with Crippen molar-refractivity contribution in [1.82, 2.24) is 19.8 Å². The molecule has 2 atom stereocenters. The Balaban J connectivity index is 1.74. The number of anilines is 1. The van der Waals surface area contributed by atoms with Crippen molar-refractivity contribution in [3.63, 3.8) is 0 Å². The van der Waals surface area contributed by atoms with Crippen molar-refractivity contribution in [2.75, 3.05) is 32.0 Å². The largest absolute Gasteiger partial charge is 0.481 e. The van der Waals surface area contributed by atoms with E-state index >= 15 is 0 Å². The van der Waals surface area contributed by atoms with Crippen LogP contribution in [0.15, 0.2) is 12.4 Å². The van der Waals surface area contributed by atoms with Crippen molar-refractivity contribution in [3.05, 3.63) is 18.0 Å². The maximum atomic E-state index is 12.8. The van der Waals surface area contributed by atoms with Crippen molar-refractivity contribution < 1.29 is 14.7 Å². The van der Waals surface area contributed by atoms with Crippen LogP contribution in [0, 0.1) is 5.41 Å². The second-order valence-corrected chi connectivity index (χ2v) is 7.66. The van der Waals surface area contributed by atoms with Gasteiger partial charge in [-0.1, -0.05) is 0 Å². The molecule has 142 valence electrons. The average molecular weight is 361 g/mol. The number of nitrogens with one attached hydrogen (secondary N) is 1. The molecule has 0 saturated carbocycles. The zero-order valence-corrected chi connectivity index (χ0v) is 15.6. The number of likely N-dealkylation sites (tertiary alicyclic amines) is 2. The van der Waals surface area contributed by atoms with Crippen molar-refractivity contribution >= 4 is 17.8 Å². The molecule has 26 heavy (non-hydrogen) atoms. The third-order valence-electron chi connectivity index (χ3n) is 5.55. The summed E-state index contributed by atoms with van der Waals surface area (Å²) in [5.74, 6) is -0.389. The van der Waals surface area contributed by atoms with E-state index in [1.54, 1.807) is 4.90 Å². The Morgan fingerprint density at radius 1 is 1.27 bits per heavy atom. The Hall–Kier alpha value is -2.22. The molecule has 1 amide bonds. The molecule has 2 aliphatic heterocycles. The molecule has 3 heterocycles. The van der Waals surface area contributed by atoms with E-state index in [2.05, 4.69) is 20.2 Å². The highest BCUT2D eigenvalue weighted by molar-refractivity contribution is 5.94. The number of carbonyl (C=O) groups is 2. The third kappa shape index (κ3) is 3.38. The summed E-state index contributed by atoms with van der Waals surface area (Å²) in [6, 6.07) is 0.0545. The van der Waals surface area contributed by atoms with Gasteiger partial charge in [-0.05, 0) is 46.7 Å². The molecule has 3 rings (SSSR count). The number of rotatable bonds is 4. The van der Waals surface area contributed by atoms with Gasteiger partial charge < -0.3 is 20.2 Å². The van der Waals surface area contributed by atoms with Gasteiger partial charge in [-0.15, -0.1) is 0 Å². The lowest BCUT2D eigenvalue weighted by Crippen LogP contribution is -2.63. The Morgan fingerprint density at radius 3 is 2.58 bits per heavy atom. The highest BCUT2D eigenvalue weighted by atomic mass is 16.4. The van der Waals surface area contributed by atoms with Crippen LogP contribution in [-0.2, 0) is 4.79 Å². The molecule has 2 saturated heterocycles. The second kappa shape index (κ2) is 7.19. The molecule has 0 aromatic carbocycles. The van der Waals surface area contributed by atoms with Crippen LogP contribution < -0.4 is 5.32 Å². The normalized spacial score (nSPS) is 26.5. The maximum absolute atomic E-state index is 12.8. The van der Waals surface area contributed by atoms with Gasteiger partial charge in [0.25, 0.3) is 5.91 Å². The fourth-order valence-electron chi connectivity index (χ4n) is 4.12. The molecule has 0 aliphatic carbocycles. The summed E-state index contributed by atoms with van der Waals surface area (Å²) in [5, 5.41) is 12.9. The van der Waals surface area contributed by atoms with Crippen LogP contribution in [0.4, 0.5) is 5.95 Å². The zero-order valence-electron chi connectivity index (χ0n) is 15.6. The zero-order chi connectivity index (χ0) is 18.9. The Labute approximate surface area is 153 Å². The molecular weight excluding hydrogens is 334 g/mol. The Kier molecular flexibility index (Phi) is 5.13. The van der Waals surface area contributed by atoms with Crippen LogP contribution in [0.5, 0.6) is 0 Å². The number of carbonyl (C=O) groups excluding carboxylic acids is 1. The lowest BCUT2D eigenvalue weighted by Gasteiger charge is -2.51. The molecule has 0 unspecified atom stereocenters. The van der Waals surface area contributed by atoms with Crippen LogP contribution in [-0.4, -0.2) is 75.5 Å². The van der Waals surface area contributed by atoms with Gasteiger partial charge in [0.05, 0.1) is 11.0 Å². The predicted octanol–water partition coefficient (Wildman–Crippen LogP) is 1.31. The molecule has 2 N–H and O–H groups in total. The lowest BCUT2D eigenvalue weighted by atomic mass is 9.68. The molecule has 0 bridgehead atoms. The molecule has 0 radical (unpaired) electrons. The third-order valence-corrected chi connectivity index (χ3v) is 5.55. The van der Waals surface area contributed by atoms with Crippen LogP contribution in [0.2, 0.25) is 0 Å². The first-order chi connectivity index (χ1) is 12.3. The summed E-state index contributed by atoms with van der Waals surface area (Å²) < 4.78 is 0. The SMILES string of the molecule is CC(C)Nc1ncc(C(=O)N2CC[C@@]3(C(=O)O)CCCN(C)[C@@H]3C2)cn1. The first-order valence-electron chi connectivity index (χ1n) is 9.15. The van der Waals surface area contributed by atoms with E-state index in [-0.39, 0.29) is 18.0 Å². The number of hydrogen-bond acceptors (Lipinski definition) is 6. The van der Waals surface area contributed by atoms with Crippen LogP contribution in [0.3, 0.4) is 0 Å². The number of aliphatic carboxylic acids is 1. The van der Waals surface area contributed by atoms with Crippen LogP contribution in [0.1, 0.15) is 43.5 Å². The first-order valence-corrected chi connectivity index (χ1v) is 9.15. The fourth-order valence-corrected chi connectivity index (χ4v) is 4.12. The number of carboxylic acid groups (broad SMARTS) is 1. The summed E-state index contributed by atoms with van der Waals surface area (Å²) in [7, 11) is 1.95. The van der Waals surface area contributed by atoms with Gasteiger partial charge in [-0.3, -0.25) is 9.59 Å². The molecule has 2 fully saturated rings. The summed E-state index contributed by atoms with van der Waals surface area (Å²) in [5.41, 5.74) is -0.314. The highest BCUT2D eigenvalue weighted by Crippen LogP contribution is 2.42. The fraction of sp³-hybridized carbons (Fsp3) is 0.667. The van der Waals surface area contributed by atoms with Gasteiger partial charge in [0.15, 0.2) is 0 Å². The second-order valence-electron chi connectivity index (χ2n) is 7.66. The van der Waals surface area contributed by atoms with Gasteiger partial charge >= 0.3 is 5.97 Å². The number of carboxylic acids is 1. The van der Waals surface area contributed by atoms with E-state index in [4.69, 9.17) is 0 Å². The number of hydrogen-bond donors (Lipinski definition) is 2. The Morgan fingerprint density at radius 2 is 1.96 bits per heavy atom. The van der Waals surface area contributed by atoms with E-state index in [0.717, 1.165) is 13.0 Å². The van der Waals surface area contributed by atoms with Crippen LogP contribution >= 0.6 is 0 Å². The molecule has 8 heteroatoms. The van der Waals surface area contributed by atoms with Gasteiger partial charge in [-0.25, -0.2) is 9.97 Å². The van der Waals surface area contributed by atoms with Crippen molar-refractivity contribution in [2.24, 2.45) is 5.41 Å². The van der Waals surface area contributed by atoms with Crippen molar-refractivity contribution in [1.29, 1.82) is 0 Å². The molecule has 1 aromatic rings. The molecule has 2 aliphatic rings. The first kappa shape index (κ1) is 18.6. The number of amides is 1. The summed E-state index contributed by atoms with van der Waals surface area (Å²) in [6.07, 6.45) is 5.10. The van der Waals surface area contributed by atoms with E-state index < -0.39 is 11.4 Å². The highest BCUT2D eigenvalue weighted by Gasteiger charge is 2.52. The smallest absolute Gasteiger partial charge is 0.311 e. The minimum Gasteiger partial charge on any atom is -0.481 e. The number of aromatic nitrogens is 2. The van der Waals surface area contributed by atoms with Gasteiger partial charge in [0.2, 0.25) is 5.95 Å². The average Bonchev–Trinajstić information content (AvgIpc) is 2.61. The predicted molar refractivity (Wildman–Crippen MR) is 97.0 cm³/mol. The minimum absolute atomic E-state index is 0.140. The standard InChI is InChI=1S/C18H27N5O3/c1-12(2)21-17-19-9-13(10-20-17)15(24)23-8-6-18(16(25)26)5-4-7-22(3)14(18)11-23/h9-10,12,14H,4-8,11H2,1-3H3,(H,25,26)(H,19,20,21)/t14-,18+/m1/s1. The van der Waals surface area contributed by atoms with Gasteiger partial charge in [-0.2, -0.15) is 0 Å². The summed E-state index contributed by atoms with van der Waals surface area (Å²) in [6.45, 7) is 5.71. The van der Waals surface area contributed by atoms with E-state index in [1.807, 2.05) is 20.9 Å². The number of nitrogens with zero attached hydrogens (tertiary/aromatic N) is 4. The lowest BCUT2D eigenvalue weighted by molar-refractivity contribution is -0.161. The van der Waals surface area contributed by atoms with Crippen molar-refractivity contribution in [2.45, 2.75) is 45.2 Å². The summed E-state index contributed by atoms with van der Waals surface area (Å²) in [4.78, 5) is 37.0. The topological polar surface area (TPSA) is 98.7 Å². The van der Waals surface area contributed by atoms with Crippen molar-refractivity contribution in [3.8, 4) is 0 Å². The Bertz CT molecular complexity index is 678. The molecular formula is C18H27N5O3. The maximum Gasteiger partial charge on any atom is 0.311 e. The monoisotopic (exact) mass is 361 g/mol. The number of piperidine rings is 2. The van der Waals surface area contributed by atoms with E-state index in [9.17, 15) is 14.7 Å². The quantitative estimate of drug-likeness (QED) is 0.834. The van der Waals surface area contributed by atoms with Gasteiger partial charge in [0, 0.05) is 37.6 Å². The number of fused-ring (bicyclic) bond motifs is 1. The number of likely N-dealkylation sites (N-methyl/N-ethyl adjacent to an activating group) is 1. The van der Waals surface area contributed by atoms with Crippen LogP contribution in [0.25, 0.3) is 0 Å². The van der Waals surface area contributed by atoms with Gasteiger partial charge in [0.1, 0.15) is 0 Å². The molecule has 8 nitrogen and oxygen atoms in total. The molecule has 1 aromatic heterocycles. The summed E-state index contributed by atoms with van der Waals surface area (Å²) >= 11 is 0. The van der Waals surface area contributed by atoms with E-state index in [1.165, 1.54) is 12.4 Å².